The summed E-state index contributed by atoms with van der Waals surface area (Å²) in [7, 11) is 4.12. The van der Waals surface area contributed by atoms with Gasteiger partial charge in [-0.25, -0.2) is 0 Å². The number of hydrogen-bond acceptors (Lipinski definition) is 4. The molecule has 0 aliphatic carbocycles. The van der Waals surface area contributed by atoms with Crippen LogP contribution >= 0.6 is 11.8 Å². The van der Waals surface area contributed by atoms with Gasteiger partial charge in [0.2, 0.25) is 0 Å². The van der Waals surface area contributed by atoms with Crippen molar-refractivity contribution in [1.29, 1.82) is 0 Å². The average Bonchev–Trinajstić information content (AvgIpc) is 2.33. The van der Waals surface area contributed by atoms with E-state index in [0.717, 1.165) is 30.0 Å². The summed E-state index contributed by atoms with van der Waals surface area (Å²) in [4.78, 5) is 6.29. The van der Waals surface area contributed by atoms with Gasteiger partial charge in [0, 0.05) is 36.2 Å². The molecule has 1 aliphatic rings. The van der Waals surface area contributed by atoms with Crippen molar-refractivity contribution in [3.8, 4) is 0 Å². The van der Waals surface area contributed by atoms with Gasteiger partial charge in [0.25, 0.3) is 0 Å². The highest BCUT2D eigenvalue weighted by molar-refractivity contribution is 7.99. The lowest BCUT2D eigenvalue weighted by molar-refractivity contribution is -0.0296. The molecule has 2 heterocycles. The van der Waals surface area contributed by atoms with Gasteiger partial charge in [-0.05, 0) is 32.3 Å². The van der Waals surface area contributed by atoms with Crippen molar-refractivity contribution < 1.29 is 5.11 Å². The summed E-state index contributed by atoms with van der Waals surface area (Å²) in [6, 6.07) is 3.90. The molecule has 0 aromatic carbocycles. The van der Waals surface area contributed by atoms with Gasteiger partial charge in [-0.3, -0.25) is 4.98 Å². The van der Waals surface area contributed by atoms with Crippen molar-refractivity contribution >= 4 is 11.8 Å². The van der Waals surface area contributed by atoms with Crippen molar-refractivity contribution in [1.82, 2.24) is 9.88 Å². The number of rotatable bonds is 3. The van der Waals surface area contributed by atoms with E-state index in [1.54, 1.807) is 12.4 Å². The molecule has 2 rings (SSSR count). The van der Waals surface area contributed by atoms with E-state index in [-0.39, 0.29) is 5.92 Å². The molecule has 2 atom stereocenters. The zero-order valence-corrected chi connectivity index (χ0v) is 11.3. The van der Waals surface area contributed by atoms with E-state index < -0.39 is 5.60 Å². The first-order chi connectivity index (χ1) is 8.13. The Hall–Kier alpha value is -0.580. The lowest BCUT2D eigenvalue weighted by atomic mass is 9.80. The Balaban J connectivity index is 2.25. The van der Waals surface area contributed by atoms with Crippen LogP contribution in [0.4, 0.5) is 0 Å². The van der Waals surface area contributed by atoms with Gasteiger partial charge < -0.3 is 10.0 Å². The maximum absolute atomic E-state index is 11.0. The standard InChI is InChI=1S/C13H20N2OS/c1-15(2)9-12-10-17-7-5-13(12,16)11-4-3-6-14-8-11/h3-4,6,8,12,16H,5,7,9-10H2,1-2H3/t12-,13-/m0/s1. The molecule has 3 nitrogen and oxygen atoms in total. The fourth-order valence-electron chi connectivity index (χ4n) is 2.44. The molecule has 0 saturated carbocycles. The van der Waals surface area contributed by atoms with Gasteiger partial charge in [-0.2, -0.15) is 11.8 Å². The van der Waals surface area contributed by atoms with E-state index in [4.69, 9.17) is 0 Å². The maximum atomic E-state index is 11.0. The van der Waals surface area contributed by atoms with Crippen LogP contribution in [0.1, 0.15) is 12.0 Å². The van der Waals surface area contributed by atoms with Crippen LogP contribution in [0.15, 0.2) is 24.5 Å². The molecule has 1 aromatic rings. The minimum Gasteiger partial charge on any atom is -0.385 e. The van der Waals surface area contributed by atoms with E-state index in [9.17, 15) is 5.11 Å². The highest BCUT2D eigenvalue weighted by Crippen LogP contribution is 2.40. The Morgan fingerprint density at radius 3 is 3.06 bits per heavy atom. The summed E-state index contributed by atoms with van der Waals surface area (Å²) in [5, 5.41) is 11.0. The number of aromatic nitrogens is 1. The molecule has 0 unspecified atom stereocenters. The predicted molar refractivity (Wildman–Crippen MR) is 72.1 cm³/mol. The molecule has 0 radical (unpaired) electrons. The minimum absolute atomic E-state index is 0.278. The van der Waals surface area contributed by atoms with Crippen LogP contribution in [0, 0.1) is 5.92 Å². The van der Waals surface area contributed by atoms with Crippen molar-refractivity contribution in [2.24, 2.45) is 5.92 Å². The predicted octanol–water partition coefficient (Wildman–Crippen LogP) is 1.58. The molecule has 1 saturated heterocycles. The van der Waals surface area contributed by atoms with E-state index in [2.05, 4.69) is 24.0 Å². The van der Waals surface area contributed by atoms with E-state index >= 15 is 0 Å². The molecule has 1 aliphatic heterocycles. The van der Waals surface area contributed by atoms with Crippen molar-refractivity contribution in [3.05, 3.63) is 30.1 Å². The van der Waals surface area contributed by atoms with Crippen LogP contribution in [0.5, 0.6) is 0 Å². The number of aliphatic hydroxyl groups is 1. The van der Waals surface area contributed by atoms with Gasteiger partial charge in [-0.1, -0.05) is 6.07 Å². The van der Waals surface area contributed by atoms with Gasteiger partial charge in [0.1, 0.15) is 0 Å². The molecular weight excluding hydrogens is 232 g/mol. The molecule has 0 spiro atoms. The SMILES string of the molecule is CN(C)C[C@H]1CSCC[C@]1(O)c1cccnc1. The quantitative estimate of drug-likeness (QED) is 0.886. The first-order valence-corrected chi connectivity index (χ1v) is 7.14. The summed E-state index contributed by atoms with van der Waals surface area (Å²) in [6.07, 6.45) is 4.38. The Morgan fingerprint density at radius 1 is 1.59 bits per heavy atom. The third-order valence-corrected chi connectivity index (χ3v) is 4.50. The highest BCUT2D eigenvalue weighted by atomic mass is 32.2. The van der Waals surface area contributed by atoms with Crippen LogP contribution in [0.2, 0.25) is 0 Å². The van der Waals surface area contributed by atoms with Crippen LogP contribution in [-0.4, -0.2) is 47.1 Å². The Kier molecular flexibility index (Phi) is 4.07. The first kappa shape index (κ1) is 12.9. The second-order valence-electron chi connectivity index (χ2n) is 4.95. The van der Waals surface area contributed by atoms with Crippen molar-refractivity contribution in [2.45, 2.75) is 12.0 Å². The smallest absolute Gasteiger partial charge is 0.0967 e. The van der Waals surface area contributed by atoms with Crippen LogP contribution < -0.4 is 0 Å². The maximum Gasteiger partial charge on any atom is 0.0967 e. The van der Waals surface area contributed by atoms with Gasteiger partial charge in [0.15, 0.2) is 0 Å². The Morgan fingerprint density at radius 2 is 2.41 bits per heavy atom. The zero-order chi connectivity index (χ0) is 12.3. The topological polar surface area (TPSA) is 36.4 Å². The lowest BCUT2D eigenvalue weighted by Crippen LogP contribution is -2.45. The molecule has 4 heteroatoms. The highest BCUT2D eigenvalue weighted by Gasteiger charge is 2.40. The van der Waals surface area contributed by atoms with Crippen molar-refractivity contribution in [2.75, 3.05) is 32.1 Å². The molecule has 0 bridgehead atoms. The Labute approximate surface area is 107 Å². The summed E-state index contributed by atoms with van der Waals surface area (Å²) in [5.41, 5.74) is 0.260. The molecule has 0 amide bonds. The minimum atomic E-state index is -0.705. The van der Waals surface area contributed by atoms with E-state index in [0.29, 0.717) is 0 Å². The molecule has 1 N–H and O–H groups in total. The first-order valence-electron chi connectivity index (χ1n) is 5.98. The summed E-state index contributed by atoms with van der Waals surface area (Å²) in [5.74, 6) is 2.32. The fraction of sp³-hybridized carbons (Fsp3) is 0.615. The van der Waals surface area contributed by atoms with Crippen LogP contribution in [-0.2, 0) is 5.60 Å². The number of thioether (sulfide) groups is 1. The van der Waals surface area contributed by atoms with Crippen molar-refractivity contribution in [3.63, 3.8) is 0 Å². The Bertz CT molecular complexity index is 358. The van der Waals surface area contributed by atoms with Gasteiger partial charge >= 0.3 is 0 Å². The second-order valence-corrected chi connectivity index (χ2v) is 6.10. The number of pyridine rings is 1. The van der Waals surface area contributed by atoms with E-state index in [1.165, 1.54) is 0 Å². The molecule has 1 aromatic heterocycles. The number of nitrogens with zero attached hydrogens (tertiary/aromatic N) is 2. The largest absolute Gasteiger partial charge is 0.385 e. The summed E-state index contributed by atoms with van der Waals surface area (Å²) < 4.78 is 0. The van der Waals surface area contributed by atoms with Crippen LogP contribution in [0.3, 0.4) is 0 Å². The molecule has 1 fully saturated rings. The second kappa shape index (κ2) is 5.38. The summed E-state index contributed by atoms with van der Waals surface area (Å²) >= 11 is 1.93. The van der Waals surface area contributed by atoms with Crippen LogP contribution in [0.25, 0.3) is 0 Å². The average molecular weight is 252 g/mol. The fourth-order valence-corrected chi connectivity index (χ4v) is 3.73. The zero-order valence-electron chi connectivity index (χ0n) is 10.5. The summed E-state index contributed by atoms with van der Waals surface area (Å²) in [6.45, 7) is 0.915. The molecule has 17 heavy (non-hydrogen) atoms. The van der Waals surface area contributed by atoms with Gasteiger partial charge in [0.05, 0.1) is 5.60 Å². The molecule has 94 valence electrons. The molecular formula is C13H20N2OS. The lowest BCUT2D eigenvalue weighted by Gasteiger charge is -2.41. The monoisotopic (exact) mass is 252 g/mol. The third kappa shape index (κ3) is 2.81. The van der Waals surface area contributed by atoms with E-state index in [1.807, 2.05) is 23.9 Å². The normalized spacial score (nSPS) is 29.5. The number of hydrogen-bond donors (Lipinski definition) is 1. The van der Waals surface area contributed by atoms with Gasteiger partial charge in [-0.15, -0.1) is 0 Å². The third-order valence-electron chi connectivity index (χ3n) is 3.37.